The molecule has 2 heterocycles. The van der Waals surface area contributed by atoms with Crippen LogP contribution in [0.25, 0.3) is 10.9 Å². The van der Waals surface area contributed by atoms with Crippen LogP contribution in [0.3, 0.4) is 0 Å². The van der Waals surface area contributed by atoms with E-state index in [1.54, 1.807) is 6.92 Å². The molecule has 2 aromatic rings. The van der Waals surface area contributed by atoms with Gasteiger partial charge < -0.3 is 9.47 Å². The van der Waals surface area contributed by atoms with Gasteiger partial charge in [-0.05, 0) is 23.9 Å². The maximum absolute atomic E-state index is 11.4. The molecular formula is C15H18N2O. The smallest absolute Gasteiger partial charge is 0.219 e. The number of fused-ring (bicyclic) bond motifs is 1. The molecule has 3 rings (SSSR count). The number of nitrogens with zero attached hydrogens (tertiary/aromatic N) is 2. The van der Waals surface area contributed by atoms with E-state index >= 15 is 0 Å². The van der Waals surface area contributed by atoms with Crippen molar-refractivity contribution in [1.82, 2.24) is 9.47 Å². The number of carbonyl (C=O) groups excluding carboxylic acids is 1. The average molecular weight is 242 g/mol. The molecule has 0 bridgehead atoms. The summed E-state index contributed by atoms with van der Waals surface area (Å²) in [4.78, 5) is 13.3. The molecule has 0 aliphatic carbocycles. The third-order valence-corrected chi connectivity index (χ3v) is 4.04. The van der Waals surface area contributed by atoms with Gasteiger partial charge in [0.25, 0.3) is 0 Å². The highest BCUT2D eigenvalue weighted by Gasteiger charge is 2.27. The molecule has 0 N–H and O–H groups in total. The number of amides is 1. The van der Waals surface area contributed by atoms with Gasteiger partial charge in [0, 0.05) is 44.2 Å². The van der Waals surface area contributed by atoms with Crippen LogP contribution in [0, 0.1) is 0 Å². The van der Waals surface area contributed by atoms with Crippen LogP contribution in [0.2, 0.25) is 0 Å². The summed E-state index contributed by atoms with van der Waals surface area (Å²) in [6.45, 7) is 3.41. The van der Waals surface area contributed by atoms with Gasteiger partial charge in [-0.3, -0.25) is 4.79 Å². The Balaban J connectivity index is 1.96. The number of likely N-dealkylation sites (tertiary alicyclic amines) is 1. The van der Waals surface area contributed by atoms with Crippen molar-refractivity contribution in [3.05, 3.63) is 36.0 Å². The molecular weight excluding hydrogens is 224 g/mol. The maximum atomic E-state index is 11.4. The van der Waals surface area contributed by atoms with Crippen LogP contribution in [0.15, 0.2) is 30.3 Å². The summed E-state index contributed by atoms with van der Waals surface area (Å²) in [6.07, 6.45) is 1.07. The van der Waals surface area contributed by atoms with E-state index in [4.69, 9.17) is 0 Å². The monoisotopic (exact) mass is 242 g/mol. The predicted octanol–water partition coefficient (Wildman–Crippen LogP) is 2.51. The minimum Gasteiger partial charge on any atom is -0.347 e. The lowest BCUT2D eigenvalue weighted by Gasteiger charge is -2.14. The highest BCUT2D eigenvalue weighted by molar-refractivity contribution is 5.81. The summed E-state index contributed by atoms with van der Waals surface area (Å²) < 4.78 is 2.27. The lowest BCUT2D eigenvalue weighted by Crippen LogP contribution is -2.25. The van der Waals surface area contributed by atoms with Gasteiger partial charge in [-0.1, -0.05) is 18.2 Å². The zero-order valence-electron chi connectivity index (χ0n) is 10.9. The van der Waals surface area contributed by atoms with Gasteiger partial charge in [-0.15, -0.1) is 0 Å². The molecule has 1 aliphatic rings. The van der Waals surface area contributed by atoms with Gasteiger partial charge >= 0.3 is 0 Å². The van der Waals surface area contributed by atoms with Crippen LogP contribution in [0.5, 0.6) is 0 Å². The number of hydrogen-bond acceptors (Lipinski definition) is 1. The number of rotatable bonds is 1. The Labute approximate surface area is 107 Å². The Morgan fingerprint density at radius 2 is 2.11 bits per heavy atom. The van der Waals surface area contributed by atoms with Crippen LogP contribution >= 0.6 is 0 Å². The minimum atomic E-state index is 0.191. The van der Waals surface area contributed by atoms with Crippen LogP contribution in [-0.2, 0) is 11.8 Å². The number of benzene rings is 1. The van der Waals surface area contributed by atoms with Crippen molar-refractivity contribution in [3.8, 4) is 0 Å². The van der Waals surface area contributed by atoms with E-state index in [9.17, 15) is 4.79 Å². The first-order valence-corrected chi connectivity index (χ1v) is 6.46. The summed E-state index contributed by atoms with van der Waals surface area (Å²) in [6, 6.07) is 10.7. The zero-order chi connectivity index (χ0) is 12.7. The molecule has 1 fully saturated rings. The minimum absolute atomic E-state index is 0.191. The number of carbonyl (C=O) groups is 1. The molecule has 1 amide bonds. The van der Waals surface area contributed by atoms with Crippen molar-refractivity contribution >= 4 is 16.8 Å². The second kappa shape index (κ2) is 4.16. The number of aryl methyl sites for hydroxylation is 1. The highest BCUT2D eigenvalue weighted by Crippen LogP contribution is 2.31. The fourth-order valence-electron chi connectivity index (χ4n) is 2.99. The van der Waals surface area contributed by atoms with Crippen molar-refractivity contribution in [2.24, 2.45) is 7.05 Å². The lowest BCUT2D eigenvalue weighted by atomic mass is 10.0. The molecule has 1 aliphatic heterocycles. The van der Waals surface area contributed by atoms with E-state index in [2.05, 4.69) is 41.9 Å². The Kier molecular flexibility index (Phi) is 2.62. The van der Waals surface area contributed by atoms with Gasteiger partial charge in [0.15, 0.2) is 0 Å². The summed E-state index contributed by atoms with van der Waals surface area (Å²) in [5, 5.41) is 1.29. The van der Waals surface area contributed by atoms with Crippen molar-refractivity contribution in [1.29, 1.82) is 0 Å². The molecule has 1 aromatic heterocycles. The fourth-order valence-corrected chi connectivity index (χ4v) is 2.99. The van der Waals surface area contributed by atoms with E-state index in [1.807, 2.05) is 4.90 Å². The normalized spacial score (nSPS) is 19.7. The quantitative estimate of drug-likeness (QED) is 0.754. The molecule has 0 spiro atoms. The average Bonchev–Trinajstić information content (AvgIpc) is 2.95. The first-order chi connectivity index (χ1) is 8.66. The van der Waals surface area contributed by atoms with E-state index in [-0.39, 0.29) is 5.91 Å². The van der Waals surface area contributed by atoms with Gasteiger partial charge in [-0.2, -0.15) is 0 Å². The first kappa shape index (κ1) is 11.3. The van der Waals surface area contributed by atoms with Gasteiger partial charge in [0.05, 0.1) is 0 Å². The van der Waals surface area contributed by atoms with E-state index < -0.39 is 0 Å². The Morgan fingerprint density at radius 3 is 2.78 bits per heavy atom. The Hall–Kier alpha value is -1.77. The van der Waals surface area contributed by atoms with E-state index in [0.717, 1.165) is 19.5 Å². The van der Waals surface area contributed by atoms with Crippen LogP contribution in [0.1, 0.15) is 25.0 Å². The predicted molar refractivity (Wildman–Crippen MR) is 72.5 cm³/mol. The first-order valence-electron chi connectivity index (χ1n) is 6.46. The van der Waals surface area contributed by atoms with Crippen LogP contribution < -0.4 is 0 Å². The van der Waals surface area contributed by atoms with E-state index in [0.29, 0.717) is 5.92 Å². The van der Waals surface area contributed by atoms with Crippen molar-refractivity contribution < 1.29 is 4.79 Å². The molecule has 1 aromatic carbocycles. The summed E-state index contributed by atoms with van der Waals surface area (Å²) in [7, 11) is 2.12. The standard InChI is InChI=1S/C15H18N2O/c1-11(18)17-8-7-13(10-17)15-9-12-5-3-4-6-14(12)16(15)2/h3-6,9,13H,7-8,10H2,1-2H3. The molecule has 3 heteroatoms. The zero-order valence-corrected chi connectivity index (χ0v) is 10.9. The molecule has 94 valence electrons. The largest absolute Gasteiger partial charge is 0.347 e. The molecule has 1 unspecified atom stereocenters. The number of hydrogen-bond donors (Lipinski definition) is 0. The van der Waals surface area contributed by atoms with Gasteiger partial charge in [0.2, 0.25) is 5.91 Å². The van der Waals surface area contributed by atoms with E-state index in [1.165, 1.54) is 16.6 Å². The molecule has 18 heavy (non-hydrogen) atoms. The number of para-hydroxylation sites is 1. The Morgan fingerprint density at radius 1 is 1.33 bits per heavy atom. The third-order valence-electron chi connectivity index (χ3n) is 4.04. The van der Waals surface area contributed by atoms with Gasteiger partial charge in [0.1, 0.15) is 0 Å². The molecule has 0 radical (unpaired) electrons. The third kappa shape index (κ3) is 1.70. The number of aromatic nitrogens is 1. The summed E-state index contributed by atoms with van der Waals surface area (Å²) >= 11 is 0. The van der Waals surface area contributed by atoms with Crippen LogP contribution in [-0.4, -0.2) is 28.5 Å². The van der Waals surface area contributed by atoms with Crippen molar-refractivity contribution in [2.45, 2.75) is 19.3 Å². The molecule has 0 saturated carbocycles. The lowest BCUT2D eigenvalue weighted by molar-refractivity contribution is -0.127. The maximum Gasteiger partial charge on any atom is 0.219 e. The SMILES string of the molecule is CC(=O)N1CCC(c2cc3ccccc3n2C)C1. The van der Waals surface area contributed by atoms with Crippen molar-refractivity contribution in [3.63, 3.8) is 0 Å². The van der Waals surface area contributed by atoms with Crippen molar-refractivity contribution in [2.75, 3.05) is 13.1 Å². The second-order valence-electron chi connectivity index (χ2n) is 5.14. The fraction of sp³-hybridized carbons (Fsp3) is 0.400. The molecule has 3 nitrogen and oxygen atoms in total. The molecule has 1 atom stereocenters. The topological polar surface area (TPSA) is 25.2 Å². The Bertz CT molecular complexity index is 600. The van der Waals surface area contributed by atoms with Crippen LogP contribution in [0.4, 0.5) is 0 Å². The summed E-state index contributed by atoms with van der Waals surface area (Å²) in [5.41, 5.74) is 2.62. The second-order valence-corrected chi connectivity index (χ2v) is 5.14. The highest BCUT2D eigenvalue weighted by atomic mass is 16.2. The summed E-state index contributed by atoms with van der Waals surface area (Å²) in [5.74, 6) is 0.669. The van der Waals surface area contributed by atoms with Gasteiger partial charge in [-0.25, -0.2) is 0 Å². The molecule has 1 saturated heterocycles.